The second kappa shape index (κ2) is 9.20. The van der Waals surface area contributed by atoms with Crippen LogP contribution in [0.25, 0.3) is 0 Å². The van der Waals surface area contributed by atoms with Crippen molar-refractivity contribution in [1.29, 1.82) is 0 Å². The predicted molar refractivity (Wildman–Crippen MR) is 102 cm³/mol. The minimum Gasteiger partial charge on any atom is -0.495 e. The second-order valence-corrected chi connectivity index (χ2v) is 6.20. The van der Waals surface area contributed by atoms with E-state index in [0.29, 0.717) is 28.6 Å². The number of benzene rings is 1. The average molecular weight is 376 g/mol. The van der Waals surface area contributed by atoms with E-state index < -0.39 is 0 Å². The number of ether oxygens (including phenoxy) is 1. The molecule has 0 bridgehead atoms. The number of aryl methyl sites for hydroxylation is 1. The number of rotatable bonds is 7. The van der Waals surface area contributed by atoms with Crippen molar-refractivity contribution in [3.05, 3.63) is 52.3 Å². The van der Waals surface area contributed by atoms with Crippen LogP contribution in [0.3, 0.4) is 0 Å². The summed E-state index contributed by atoms with van der Waals surface area (Å²) in [6, 6.07) is 6.39. The lowest BCUT2D eigenvalue weighted by Gasteiger charge is -2.12. The van der Waals surface area contributed by atoms with E-state index in [-0.39, 0.29) is 17.5 Å². The standard InChI is InChI=1S/C19H22ClN3O3/c1-4-5-7-22-19(25)16-10-13(6-8-21-16)18(24)23-15-9-12(2)14(20)11-17(15)26-3/h6,8-11H,4-5,7H2,1-3H3,(H,22,25)(H,23,24). The Morgan fingerprint density at radius 1 is 1.23 bits per heavy atom. The van der Waals surface area contributed by atoms with Crippen LogP contribution in [0.15, 0.2) is 30.5 Å². The van der Waals surface area contributed by atoms with Crippen molar-refractivity contribution < 1.29 is 14.3 Å². The Balaban J connectivity index is 2.17. The normalized spacial score (nSPS) is 10.3. The molecule has 0 aliphatic rings. The monoisotopic (exact) mass is 375 g/mol. The number of nitrogens with one attached hydrogen (secondary N) is 2. The largest absolute Gasteiger partial charge is 0.495 e. The molecule has 1 aromatic carbocycles. The number of anilines is 1. The van der Waals surface area contributed by atoms with E-state index in [1.54, 1.807) is 18.2 Å². The zero-order valence-corrected chi connectivity index (χ0v) is 15.8. The van der Waals surface area contributed by atoms with Crippen LogP contribution in [-0.2, 0) is 0 Å². The number of hydrogen-bond donors (Lipinski definition) is 2. The van der Waals surface area contributed by atoms with Gasteiger partial charge in [0, 0.05) is 29.4 Å². The number of amides is 2. The van der Waals surface area contributed by atoms with Crippen molar-refractivity contribution in [2.24, 2.45) is 0 Å². The quantitative estimate of drug-likeness (QED) is 0.720. The lowest BCUT2D eigenvalue weighted by molar-refractivity contribution is 0.0948. The molecule has 7 heteroatoms. The minimum absolute atomic E-state index is 0.202. The smallest absolute Gasteiger partial charge is 0.269 e. The molecule has 0 saturated carbocycles. The summed E-state index contributed by atoms with van der Waals surface area (Å²) in [7, 11) is 1.50. The second-order valence-electron chi connectivity index (χ2n) is 5.80. The molecule has 2 rings (SSSR count). The Morgan fingerprint density at radius 2 is 2.00 bits per heavy atom. The van der Waals surface area contributed by atoms with E-state index in [0.717, 1.165) is 18.4 Å². The predicted octanol–water partition coefficient (Wildman–Crippen LogP) is 3.83. The van der Waals surface area contributed by atoms with Gasteiger partial charge in [0.1, 0.15) is 11.4 Å². The van der Waals surface area contributed by atoms with Gasteiger partial charge in [-0.15, -0.1) is 0 Å². The van der Waals surface area contributed by atoms with Crippen LogP contribution in [-0.4, -0.2) is 30.5 Å². The molecule has 1 heterocycles. The summed E-state index contributed by atoms with van der Waals surface area (Å²) in [4.78, 5) is 28.7. The summed E-state index contributed by atoms with van der Waals surface area (Å²) >= 11 is 6.08. The van der Waals surface area contributed by atoms with Crippen LogP contribution >= 0.6 is 11.6 Å². The van der Waals surface area contributed by atoms with E-state index >= 15 is 0 Å². The van der Waals surface area contributed by atoms with Gasteiger partial charge < -0.3 is 15.4 Å². The van der Waals surface area contributed by atoms with Crippen molar-refractivity contribution in [3.63, 3.8) is 0 Å². The van der Waals surface area contributed by atoms with Gasteiger partial charge in [0.2, 0.25) is 0 Å². The highest BCUT2D eigenvalue weighted by atomic mass is 35.5. The van der Waals surface area contributed by atoms with E-state index in [4.69, 9.17) is 16.3 Å². The van der Waals surface area contributed by atoms with Gasteiger partial charge >= 0.3 is 0 Å². The molecule has 0 unspecified atom stereocenters. The van der Waals surface area contributed by atoms with Crippen LogP contribution in [0.2, 0.25) is 5.02 Å². The molecule has 26 heavy (non-hydrogen) atoms. The zero-order valence-electron chi connectivity index (χ0n) is 15.1. The molecule has 0 atom stereocenters. The number of pyridine rings is 1. The van der Waals surface area contributed by atoms with Gasteiger partial charge in [-0.1, -0.05) is 24.9 Å². The van der Waals surface area contributed by atoms with Gasteiger partial charge in [-0.25, -0.2) is 0 Å². The van der Waals surface area contributed by atoms with Crippen molar-refractivity contribution >= 4 is 29.1 Å². The summed E-state index contributed by atoms with van der Waals surface area (Å²) in [5.74, 6) is -0.205. The lowest BCUT2D eigenvalue weighted by atomic mass is 10.1. The van der Waals surface area contributed by atoms with Crippen molar-refractivity contribution in [2.75, 3.05) is 19.0 Å². The molecule has 6 nitrogen and oxygen atoms in total. The van der Waals surface area contributed by atoms with E-state index in [1.807, 2.05) is 13.8 Å². The van der Waals surface area contributed by atoms with Gasteiger partial charge in [-0.3, -0.25) is 14.6 Å². The highest BCUT2D eigenvalue weighted by Gasteiger charge is 2.14. The summed E-state index contributed by atoms with van der Waals surface area (Å²) in [6.07, 6.45) is 3.31. The summed E-state index contributed by atoms with van der Waals surface area (Å²) in [5.41, 5.74) is 1.85. The highest BCUT2D eigenvalue weighted by Crippen LogP contribution is 2.31. The molecular weight excluding hydrogens is 354 g/mol. The average Bonchev–Trinajstić information content (AvgIpc) is 2.64. The van der Waals surface area contributed by atoms with Crippen LogP contribution < -0.4 is 15.4 Å². The number of nitrogens with zero attached hydrogens (tertiary/aromatic N) is 1. The van der Waals surface area contributed by atoms with Crippen molar-refractivity contribution in [2.45, 2.75) is 26.7 Å². The number of unbranched alkanes of at least 4 members (excludes halogenated alkanes) is 1. The number of methoxy groups -OCH3 is 1. The van der Waals surface area contributed by atoms with Gasteiger partial charge in [-0.2, -0.15) is 0 Å². The van der Waals surface area contributed by atoms with Crippen LogP contribution in [0.4, 0.5) is 5.69 Å². The third-order valence-corrected chi connectivity index (χ3v) is 4.21. The van der Waals surface area contributed by atoms with Gasteiger partial charge in [0.05, 0.1) is 12.8 Å². The van der Waals surface area contributed by atoms with Crippen LogP contribution in [0.5, 0.6) is 5.75 Å². The molecule has 1 aromatic heterocycles. The Labute approximate surface area is 157 Å². The molecular formula is C19H22ClN3O3. The number of carbonyl (C=O) groups is 2. The van der Waals surface area contributed by atoms with Crippen molar-refractivity contribution in [1.82, 2.24) is 10.3 Å². The fraction of sp³-hybridized carbons (Fsp3) is 0.316. The van der Waals surface area contributed by atoms with Gasteiger partial charge in [0.25, 0.3) is 11.8 Å². The maximum absolute atomic E-state index is 12.6. The van der Waals surface area contributed by atoms with Crippen LogP contribution in [0, 0.1) is 6.92 Å². The Bertz CT molecular complexity index is 809. The first-order chi connectivity index (χ1) is 12.5. The lowest BCUT2D eigenvalue weighted by Crippen LogP contribution is -2.25. The third kappa shape index (κ3) is 4.95. The molecule has 2 amide bonds. The third-order valence-electron chi connectivity index (χ3n) is 3.80. The maximum Gasteiger partial charge on any atom is 0.269 e. The minimum atomic E-state index is -0.366. The molecule has 0 saturated heterocycles. The highest BCUT2D eigenvalue weighted by molar-refractivity contribution is 6.31. The molecule has 0 aliphatic carbocycles. The van der Waals surface area contributed by atoms with Gasteiger partial charge in [-0.05, 0) is 37.1 Å². The SMILES string of the molecule is CCCCNC(=O)c1cc(C(=O)Nc2cc(C)c(Cl)cc2OC)ccn1. The Kier molecular flexibility index (Phi) is 6.97. The molecule has 2 N–H and O–H groups in total. The van der Waals surface area contributed by atoms with E-state index in [2.05, 4.69) is 15.6 Å². The summed E-state index contributed by atoms with van der Waals surface area (Å²) < 4.78 is 5.26. The molecule has 0 radical (unpaired) electrons. The Morgan fingerprint density at radius 3 is 2.69 bits per heavy atom. The van der Waals surface area contributed by atoms with Crippen molar-refractivity contribution in [3.8, 4) is 5.75 Å². The summed E-state index contributed by atoms with van der Waals surface area (Å²) in [5, 5.41) is 6.11. The first-order valence-corrected chi connectivity index (χ1v) is 8.73. The first kappa shape index (κ1) is 19.7. The Hall–Kier alpha value is -2.60. The topological polar surface area (TPSA) is 80.3 Å². The number of halogens is 1. The fourth-order valence-corrected chi connectivity index (χ4v) is 2.44. The molecule has 138 valence electrons. The van der Waals surface area contributed by atoms with Gasteiger partial charge in [0.15, 0.2) is 0 Å². The molecule has 0 fully saturated rings. The molecule has 0 spiro atoms. The first-order valence-electron chi connectivity index (χ1n) is 8.36. The van der Waals surface area contributed by atoms with E-state index in [9.17, 15) is 9.59 Å². The zero-order chi connectivity index (χ0) is 19.1. The number of hydrogen-bond acceptors (Lipinski definition) is 4. The number of carbonyl (C=O) groups excluding carboxylic acids is 2. The fourth-order valence-electron chi connectivity index (χ4n) is 2.29. The molecule has 2 aromatic rings. The molecule has 0 aliphatic heterocycles. The number of aromatic nitrogens is 1. The van der Waals surface area contributed by atoms with Crippen LogP contribution in [0.1, 0.15) is 46.2 Å². The summed E-state index contributed by atoms with van der Waals surface area (Å²) in [6.45, 7) is 4.46. The maximum atomic E-state index is 12.6. The van der Waals surface area contributed by atoms with E-state index in [1.165, 1.54) is 19.4 Å².